The van der Waals surface area contributed by atoms with E-state index in [2.05, 4.69) is 17.0 Å². The van der Waals surface area contributed by atoms with Crippen molar-refractivity contribution in [3.8, 4) is 22.6 Å². The number of hydrogen-bond acceptors (Lipinski definition) is 3. The van der Waals surface area contributed by atoms with Gasteiger partial charge in [0.2, 0.25) is 0 Å². The lowest BCUT2D eigenvalue weighted by molar-refractivity contribution is 0.0697. The maximum absolute atomic E-state index is 11.4. The fourth-order valence-electron chi connectivity index (χ4n) is 3.44. The average Bonchev–Trinajstić information content (AvgIpc) is 3.32. The molecule has 0 aliphatic heterocycles. The molecule has 0 spiro atoms. The van der Waals surface area contributed by atoms with Crippen LogP contribution in [0.4, 0.5) is 0 Å². The summed E-state index contributed by atoms with van der Waals surface area (Å²) in [6, 6.07) is 15.0. The summed E-state index contributed by atoms with van der Waals surface area (Å²) in [5.41, 5.74) is 5.77. The van der Waals surface area contributed by atoms with Crippen LogP contribution in [0.15, 0.2) is 60.9 Å². The molecule has 0 radical (unpaired) electrons. The molecule has 0 aliphatic carbocycles. The van der Waals surface area contributed by atoms with Gasteiger partial charge < -0.3 is 10.1 Å². The van der Waals surface area contributed by atoms with Crippen LogP contribution in [0.2, 0.25) is 0 Å². The zero-order chi connectivity index (χ0) is 20.5. The monoisotopic (exact) mass is 404 g/mol. The van der Waals surface area contributed by atoms with Gasteiger partial charge in [-0.3, -0.25) is 4.57 Å². The zero-order valence-corrected chi connectivity index (χ0v) is 16.9. The first-order valence-electron chi connectivity index (χ1n) is 9.28. The van der Waals surface area contributed by atoms with Gasteiger partial charge in [-0.15, -0.1) is 0 Å². The Morgan fingerprint density at radius 3 is 2.66 bits per heavy atom. The fraction of sp³-hybridized carbons (Fsp3) is 0.136. The van der Waals surface area contributed by atoms with Crippen LogP contribution in [0.5, 0.6) is 0 Å². The second-order valence-electron chi connectivity index (χ2n) is 6.76. The predicted molar refractivity (Wildman–Crippen MR) is 115 cm³/mol. The second kappa shape index (κ2) is 7.52. The van der Waals surface area contributed by atoms with Gasteiger partial charge in [0.15, 0.2) is 4.77 Å². The third-order valence-corrected chi connectivity index (χ3v) is 5.23. The summed E-state index contributed by atoms with van der Waals surface area (Å²) < 4.78 is 4.24. The smallest absolute Gasteiger partial charge is 0.335 e. The predicted octanol–water partition coefficient (Wildman–Crippen LogP) is 4.96. The van der Waals surface area contributed by atoms with Crippen LogP contribution in [0, 0.1) is 11.7 Å². The molecule has 4 rings (SSSR count). The van der Waals surface area contributed by atoms with E-state index in [1.807, 2.05) is 58.9 Å². The third-order valence-electron chi connectivity index (χ3n) is 4.93. The number of carboxylic acid groups (broad SMARTS) is 1. The Labute approximate surface area is 173 Å². The van der Waals surface area contributed by atoms with E-state index in [1.165, 1.54) is 0 Å². The Kier molecular flexibility index (Phi) is 4.90. The number of aromatic nitrogens is 4. The van der Waals surface area contributed by atoms with Crippen molar-refractivity contribution in [3.05, 3.63) is 82.5 Å². The summed E-state index contributed by atoms with van der Waals surface area (Å²) in [7, 11) is 0. The maximum atomic E-state index is 11.4. The lowest BCUT2D eigenvalue weighted by Crippen LogP contribution is -2.02. The zero-order valence-electron chi connectivity index (χ0n) is 16.1. The molecule has 6 nitrogen and oxygen atoms in total. The van der Waals surface area contributed by atoms with Gasteiger partial charge in [-0.25, -0.2) is 9.48 Å². The lowest BCUT2D eigenvalue weighted by Gasteiger charge is -2.08. The first-order chi connectivity index (χ1) is 14.0. The van der Waals surface area contributed by atoms with Crippen LogP contribution in [-0.4, -0.2) is 30.4 Å². The van der Waals surface area contributed by atoms with Crippen molar-refractivity contribution in [3.63, 3.8) is 0 Å². The molecule has 4 aromatic rings. The van der Waals surface area contributed by atoms with Gasteiger partial charge in [-0.1, -0.05) is 31.2 Å². The highest BCUT2D eigenvalue weighted by atomic mass is 32.1. The Morgan fingerprint density at radius 2 is 1.97 bits per heavy atom. The first kappa shape index (κ1) is 18.9. The average molecular weight is 404 g/mol. The van der Waals surface area contributed by atoms with Crippen LogP contribution >= 0.6 is 12.2 Å². The molecule has 2 aromatic heterocycles. The van der Waals surface area contributed by atoms with Gasteiger partial charge in [0.25, 0.3) is 0 Å². The van der Waals surface area contributed by atoms with Gasteiger partial charge in [0, 0.05) is 11.8 Å². The molecular formula is C22H20N4O2S. The number of para-hydroxylation sites is 1. The quantitative estimate of drug-likeness (QED) is 0.461. The molecule has 0 unspecified atom stereocenters. The Morgan fingerprint density at radius 1 is 1.21 bits per heavy atom. The number of aromatic carboxylic acids is 1. The molecule has 29 heavy (non-hydrogen) atoms. The molecule has 0 bridgehead atoms. The fourth-order valence-corrected chi connectivity index (χ4v) is 3.70. The van der Waals surface area contributed by atoms with E-state index < -0.39 is 5.97 Å². The highest BCUT2D eigenvalue weighted by molar-refractivity contribution is 7.71. The molecule has 0 amide bonds. The number of benzene rings is 2. The molecule has 0 saturated heterocycles. The third kappa shape index (κ3) is 3.40. The molecule has 2 aromatic carbocycles. The van der Waals surface area contributed by atoms with Gasteiger partial charge in [-0.2, -0.15) is 5.10 Å². The Hall–Kier alpha value is -3.45. The standard InChI is InChI=1S/C22H20N4O2S/c1-3-19-17(12-23-26(19)16-7-5-4-6-8-16)18-13-25(22(29)24-18)20-11-15(21(27)28)10-9-14(20)2/h4-13H,3H2,1-2H3,(H,24,29)(H,27,28). The molecule has 0 fully saturated rings. The minimum Gasteiger partial charge on any atom is -0.478 e. The van der Waals surface area contributed by atoms with Crippen LogP contribution in [0.1, 0.15) is 28.5 Å². The molecule has 0 saturated carbocycles. The molecular weight excluding hydrogens is 384 g/mol. The van der Waals surface area contributed by atoms with Crippen molar-refractivity contribution >= 4 is 18.2 Å². The number of hydrogen-bond donors (Lipinski definition) is 2. The van der Waals surface area contributed by atoms with Crippen molar-refractivity contribution in [2.45, 2.75) is 20.3 Å². The summed E-state index contributed by atoms with van der Waals surface area (Å²) in [6.45, 7) is 4.02. The number of aryl methyl sites for hydroxylation is 1. The summed E-state index contributed by atoms with van der Waals surface area (Å²) in [5.74, 6) is -0.967. The van der Waals surface area contributed by atoms with Crippen molar-refractivity contribution in [2.75, 3.05) is 0 Å². The van der Waals surface area contributed by atoms with Crippen molar-refractivity contribution in [1.29, 1.82) is 0 Å². The summed E-state index contributed by atoms with van der Waals surface area (Å²) in [6.07, 6.45) is 4.53. The largest absolute Gasteiger partial charge is 0.478 e. The summed E-state index contributed by atoms with van der Waals surface area (Å²) >= 11 is 5.54. The van der Waals surface area contributed by atoms with Crippen LogP contribution in [0.3, 0.4) is 0 Å². The van der Waals surface area contributed by atoms with E-state index >= 15 is 0 Å². The van der Waals surface area contributed by atoms with Gasteiger partial charge in [-0.05, 0) is 55.4 Å². The van der Waals surface area contributed by atoms with E-state index in [0.717, 1.165) is 40.3 Å². The van der Waals surface area contributed by atoms with Crippen LogP contribution < -0.4 is 0 Å². The van der Waals surface area contributed by atoms with Crippen LogP contribution in [0.25, 0.3) is 22.6 Å². The number of H-pyrrole nitrogens is 1. The maximum Gasteiger partial charge on any atom is 0.335 e. The number of carbonyl (C=O) groups is 1. The first-order valence-corrected chi connectivity index (χ1v) is 9.69. The van der Waals surface area contributed by atoms with Gasteiger partial charge in [0.05, 0.1) is 34.5 Å². The Bertz CT molecular complexity index is 1250. The number of nitrogens with one attached hydrogen (secondary N) is 1. The topological polar surface area (TPSA) is 75.8 Å². The van der Waals surface area contributed by atoms with E-state index in [0.29, 0.717) is 4.77 Å². The Balaban J connectivity index is 1.83. The molecule has 7 heteroatoms. The van der Waals surface area contributed by atoms with Gasteiger partial charge in [0.1, 0.15) is 0 Å². The number of carboxylic acids is 1. The van der Waals surface area contributed by atoms with E-state index in [-0.39, 0.29) is 5.56 Å². The van der Waals surface area contributed by atoms with E-state index in [9.17, 15) is 9.90 Å². The molecule has 2 heterocycles. The molecule has 2 N–H and O–H groups in total. The molecule has 0 aliphatic rings. The SMILES string of the molecule is CCc1c(-c2cn(-c3cc(C(=O)O)ccc3C)c(=S)[nH]2)cnn1-c1ccccc1. The number of imidazole rings is 1. The minimum absolute atomic E-state index is 0.224. The number of rotatable bonds is 5. The van der Waals surface area contributed by atoms with Crippen molar-refractivity contribution < 1.29 is 9.90 Å². The van der Waals surface area contributed by atoms with Crippen molar-refractivity contribution in [1.82, 2.24) is 19.3 Å². The van der Waals surface area contributed by atoms with E-state index in [1.54, 1.807) is 18.2 Å². The minimum atomic E-state index is -0.967. The summed E-state index contributed by atoms with van der Waals surface area (Å²) in [4.78, 5) is 14.6. The van der Waals surface area contributed by atoms with Gasteiger partial charge >= 0.3 is 5.97 Å². The molecule has 0 atom stereocenters. The van der Waals surface area contributed by atoms with Crippen molar-refractivity contribution in [2.24, 2.45) is 0 Å². The van der Waals surface area contributed by atoms with E-state index in [4.69, 9.17) is 12.2 Å². The highest BCUT2D eigenvalue weighted by Gasteiger charge is 2.16. The van der Waals surface area contributed by atoms with Crippen LogP contribution in [-0.2, 0) is 6.42 Å². The number of nitrogens with zero attached hydrogens (tertiary/aromatic N) is 3. The summed E-state index contributed by atoms with van der Waals surface area (Å²) in [5, 5.41) is 13.9. The second-order valence-corrected chi connectivity index (χ2v) is 7.14. The lowest BCUT2D eigenvalue weighted by atomic mass is 10.1. The highest BCUT2D eigenvalue weighted by Crippen LogP contribution is 2.27. The normalized spacial score (nSPS) is 11.0. The number of aromatic amines is 1. The molecule has 146 valence electrons.